The highest BCUT2D eigenvalue weighted by atomic mass is 19.1. The largest absolute Gasteiger partial charge is 0.353 e. The normalized spacial score (nSPS) is 17.7. The quantitative estimate of drug-likeness (QED) is 0.700. The second-order valence-electron chi connectivity index (χ2n) is 8.20. The molecule has 0 aromatic heterocycles. The fourth-order valence-corrected chi connectivity index (χ4v) is 3.84. The zero-order valence-corrected chi connectivity index (χ0v) is 17.6. The number of nitrogens with one attached hydrogen (secondary N) is 2. The second kappa shape index (κ2) is 10.3. The lowest BCUT2D eigenvalue weighted by atomic mass is 10.0. The molecule has 1 fully saturated rings. The van der Waals surface area contributed by atoms with Crippen LogP contribution in [-0.4, -0.2) is 41.9 Å². The van der Waals surface area contributed by atoms with Crippen molar-refractivity contribution in [2.45, 2.75) is 45.3 Å². The summed E-state index contributed by atoms with van der Waals surface area (Å²) in [5, 5.41) is 5.82. The van der Waals surface area contributed by atoms with Gasteiger partial charge in [-0.25, -0.2) is 4.39 Å². The minimum atomic E-state index is -0.647. The minimum absolute atomic E-state index is 0.0709. The summed E-state index contributed by atoms with van der Waals surface area (Å²) in [5.41, 5.74) is 1.60. The van der Waals surface area contributed by atoms with Gasteiger partial charge in [0, 0.05) is 24.7 Å². The molecule has 0 saturated carbocycles. The standard InChI is InChI=1S/C24H30FN3O2/c1-17(2)22(27-23(29)19-10-12-20(25)13-11-19)24(30)26-15-21-9-6-14-28(21)16-18-7-4-3-5-8-18/h3-5,7-8,10-13,17,21-22H,6,9,14-16H2,1-2H3,(H,26,30)(H,27,29)/t21-,22-/m1/s1. The molecule has 0 radical (unpaired) electrons. The summed E-state index contributed by atoms with van der Waals surface area (Å²) < 4.78 is 13.1. The molecule has 2 amide bonds. The Bertz CT molecular complexity index is 839. The molecular weight excluding hydrogens is 381 g/mol. The molecule has 160 valence electrons. The molecule has 5 nitrogen and oxygen atoms in total. The zero-order valence-electron chi connectivity index (χ0n) is 17.6. The predicted molar refractivity (Wildman–Crippen MR) is 115 cm³/mol. The first-order chi connectivity index (χ1) is 14.4. The third kappa shape index (κ3) is 5.89. The van der Waals surface area contributed by atoms with E-state index in [2.05, 4.69) is 27.7 Å². The Labute approximate surface area is 177 Å². The Balaban J connectivity index is 1.55. The van der Waals surface area contributed by atoms with E-state index in [1.807, 2.05) is 32.0 Å². The van der Waals surface area contributed by atoms with Crippen molar-refractivity contribution in [3.8, 4) is 0 Å². The van der Waals surface area contributed by atoms with Crippen LogP contribution in [0.4, 0.5) is 4.39 Å². The predicted octanol–water partition coefficient (Wildman–Crippen LogP) is 3.36. The first-order valence-corrected chi connectivity index (χ1v) is 10.6. The van der Waals surface area contributed by atoms with Gasteiger partial charge in [-0.15, -0.1) is 0 Å². The van der Waals surface area contributed by atoms with Gasteiger partial charge in [-0.1, -0.05) is 44.2 Å². The Morgan fingerprint density at radius 1 is 1.10 bits per heavy atom. The van der Waals surface area contributed by atoms with Crippen LogP contribution in [0.15, 0.2) is 54.6 Å². The van der Waals surface area contributed by atoms with Gasteiger partial charge in [-0.05, 0) is 55.1 Å². The van der Waals surface area contributed by atoms with Gasteiger partial charge in [0.2, 0.25) is 5.91 Å². The maximum Gasteiger partial charge on any atom is 0.251 e. The molecule has 0 aliphatic carbocycles. The van der Waals surface area contributed by atoms with Gasteiger partial charge in [-0.2, -0.15) is 0 Å². The van der Waals surface area contributed by atoms with Crippen LogP contribution in [0, 0.1) is 11.7 Å². The van der Waals surface area contributed by atoms with Gasteiger partial charge >= 0.3 is 0 Å². The van der Waals surface area contributed by atoms with Gasteiger partial charge in [0.05, 0.1) is 0 Å². The lowest BCUT2D eigenvalue weighted by Gasteiger charge is -2.27. The topological polar surface area (TPSA) is 61.4 Å². The number of benzene rings is 2. The summed E-state index contributed by atoms with van der Waals surface area (Å²) in [5.74, 6) is -1.04. The van der Waals surface area contributed by atoms with Crippen molar-refractivity contribution >= 4 is 11.8 Å². The van der Waals surface area contributed by atoms with Crippen molar-refractivity contribution < 1.29 is 14.0 Å². The average Bonchev–Trinajstić information content (AvgIpc) is 3.18. The highest BCUT2D eigenvalue weighted by Gasteiger charge is 2.28. The van der Waals surface area contributed by atoms with Crippen LogP contribution in [0.2, 0.25) is 0 Å². The lowest BCUT2D eigenvalue weighted by Crippen LogP contribution is -2.51. The van der Waals surface area contributed by atoms with Gasteiger partial charge in [0.15, 0.2) is 0 Å². The molecule has 30 heavy (non-hydrogen) atoms. The van der Waals surface area contributed by atoms with E-state index in [-0.39, 0.29) is 23.8 Å². The highest BCUT2D eigenvalue weighted by molar-refractivity contribution is 5.97. The number of nitrogens with zero attached hydrogens (tertiary/aromatic N) is 1. The molecule has 1 saturated heterocycles. The molecule has 2 aromatic carbocycles. The zero-order chi connectivity index (χ0) is 21.5. The van der Waals surface area contributed by atoms with Gasteiger partial charge < -0.3 is 10.6 Å². The Morgan fingerprint density at radius 2 is 1.80 bits per heavy atom. The first kappa shape index (κ1) is 22.0. The Hall–Kier alpha value is -2.73. The number of halogens is 1. The number of carbonyl (C=O) groups is 2. The number of rotatable bonds is 8. The van der Waals surface area contributed by atoms with Gasteiger partial charge in [0.25, 0.3) is 5.91 Å². The molecule has 6 heteroatoms. The monoisotopic (exact) mass is 411 g/mol. The Kier molecular flexibility index (Phi) is 7.57. The van der Waals surface area contributed by atoms with Crippen LogP contribution in [0.1, 0.15) is 42.6 Å². The molecule has 1 aliphatic heterocycles. The van der Waals surface area contributed by atoms with Crippen LogP contribution in [0.25, 0.3) is 0 Å². The number of hydrogen-bond acceptors (Lipinski definition) is 3. The second-order valence-corrected chi connectivity index (χ2v) is 8.20. The van der Waals surface area contributed by atoms with Gasteiger partial charge in [-0.3, -0.25) is 14.5 Å². The van der Waals surface area contributed by atoms with E-state index in [0.29, 0.717) is 12.1 Å². The summed E-state index contributed by atoms with van der Waals surface area (Å²) in [7, 11) is 0. The van der Waals surface area contributed by atoms with E-state index in [0.717, 1.165) is 25.9 Å². The SMILES string of the molecule is CC(C)[C@@H](NC(=O)c1ccc(F)cc1)C(=O)NC[C@H]1CCCN1Cc1ccccc1. The van der Waals surface area contributed by atoms with E-state index in [1.54, 1.807) is 0 Å². The fraction of sp³-hybridized carbons (Fsp3) is 0.417. The van der Waals surface area contributed by atoms with E-state index >= 15 is 0 Å². The minimum Gasteiger partial charge on any atom is -0.353 e. The summed E-state index contributed by atoms with van der Waals surface area (Å²) in [4.78, 5) is 27.7. The molecule has 2 aromatic rings. The third-order valence-corrected chi connectivity index (χ3v) is 5.58. The van der Waals surface area contributed by atoms with E-state index < -0.39 is 11.9 Å². The van der Waals surface area contributed by atoms with Gasteiger partial charge in [0.1, 0.15) is 11.9 Å². The van der Waals surface area contributed by atoms with E-state index in [1.165, 1.54) is 29.8 Å². The lowest BCUT2D eigenvalue weighted by molar-refractivity contribution is -0.124. The van der Waals surface area contributed by atoms with Crippen molar-refractivity contribution in [3.05, 3.63) is 71.5 Å². The van der Waals surface area contributed by atoms with Crippen molar-refractivity contribution in [2.75, 3.05) is 13.1 Å². The van der Waals surface area contributed by atoms with Crippen LogP contribution in [0.3, 0.4) is 0 Å². The van der Waals surface area contributed by atoms with E-state index in [9.17, 15) is 14.0 Å². The molecule has 1 heterocycles. The van der Waals surface area contributed by atoms with E-state index in [4.69, 9.17) is 0 Å². The highest BCUT2D eigenvalue weighted by Crippen LogP contribution is 2.19. The van der Waals surface area contributed by atoms with Crippen molar-refractivity contribution in [2.24, 2.45) is 5.92 Å². The molecule has 0 spiro atoms. The molecular formula is C24H30FN3O2. The number of hydrogen-bond donors (Lipinski definition) is 2. The molecule has 1 aliphatic rings. The molecule has 3 rings (SSSR count). The maximum atomic E-state index is 13.1. The number of amides is 2. The van der Waals surface area contributed by atoms with Crippen molar-refractivity contribution in [1.82, 2.24) is 15.5 Å². The summed E-state index contributed by atoms with van der Waals surface area (Å²) in [6.07, 6.45) is 2.16. The Morgan fingerprint density at radius 3 is 2.47 bits per heavy atom. The number of carbonyl (C=O) groups excluding carboxylic acids is 2. The third-order valence-electron chi connectivity index (χ3n) is 5.58. The van der Waals surface area contributed by atoms with Crippen LogP contribution >= 0.6 is 0 Å². The fourth-order valence-electron chi connectivity index (χ4n) is 3.84. The maximum absolute atomic E-state index is 13.1. The number of likely N-dealkylation sites (tertiary alicyclic amines) is 1. The smallest absolute Gasteiger partial charge is 0.251 e. The van der Waals surface area contributed by atoms with Crippen LogP contribution in [0.5, 0.6) is 0 Å². The van der Waals surface area contributed by atoms with Crippen LogP contribution in [-0.2, 0) is 11.3 Å². The summed E-state index contributed by atoms with van der Waals surface area (Å²) >= 11 is 0. The molecule has 2 N–H and O–H groups in total. The summed E-state index contributed by atoms with van der Waals surface area (Å²) in [6, 6.07) is 15.3. The van der Waals surface area contributed by atoms with Crippen molar-refractivity contribution in [3.63, 3.8) is 0 Å². The molecule has 2 atom stereocenters. The molecule has 0 bridgehead atoms. The van der Waals surface area contributed by atoms with Crippen molar-refractivity contribution in [1.29, 1.82) is 0 Å². The summed E-state index contributed by atoms with van der Waals surface area (Å²) in [6.45, 7) is 6.24. The molecule has 0 unspecified atom stereocenters. The van der Waals surface area contributed by atoms with Crippen LogP contribution < -0.4 is 10.6 Å². The average molecular weight is 412 g/mol. The first-order valence-electron chi connectivity index (χ1n) is 10.6.